The van der Waals surface area contributed by atoms with Crippen molar-refractivity contribution in [3.63, 3.8) is 0 Å². The van der Waals surface area contributed by atoms with Crippen LogP contribution < -0.4 is 19.1 Å². The zero-order chi connectivity index (χ0) is 21.9. The number of hydrogen-bond donors (Lipinski definition) is 0. The lowest BCUT2D eigenvalue weighted by atomic mass is 10.3. The zero-order valence-electron chi connectivity index (χ0n) is 17.9. The summed E-state index contributed by atoms with van der Waals surface area (Å²) in [6, 6.07) is 0. The highest BCUT2D eigenvalue weighted by Gasteiger charge is 2.25. The molecule has 2 aromatic heterocycles. The van der Waals surface area contributed by atoms with Gasteiger partial charge in [-0.05, 0) is 6.42 Å². The SMILES string of the molecule is CCCCOC(=O)N1CCN(c2nccnc2OCCOc2nccnc2OC)CC1. The van der Waals surface area contributed by atoms with Crippen molar-refractivity contribution in [3.05, 3.63) is 24.8 Å². The Kier molecular flexibility index (Phi) is 8.44. The summed E-state index contributed by atoms with van der Waals surface area (Å²) in [6.07, 6.45) is 7.85. The van der Waals surface area contributed by atoms with Crippen LogP contribution in [0.15, 0.2) is 24.8 Å². The van der Waals surface area contributed by atoms with Gasteiger partial charge in [-0.25, -0.2) is 24.7 Å². The Morgan fingerprint density at radius 2 is 1.48 bits per heavy atom. The molecule has 0 unspecified atom stereocenters. The Bertz CT molecular complexity index is 831. The number of hydrogen-bond acceptors (Lipinski definition) is 10. The lowest BCUT2D eigenvalue weighted by Gasteiger charge is -2.35. The monoisotopic (exact) mass is 432 g/mol. The van der Waals surface area contributed by atoms with Gasteiger partial charge in [-0.3, -0.25) is 0 Å². The molecule has 1 fully saturated rings. The average molecular weight is 432 g/mol. The molecule has 1 aliphatic heterocycles. The van der Waals surface area contributed by atoms with E-state index in [1.165, 1.54) is 19.5 Å². The van der Waals surface area contributed by atoms with Crippen molar-refractivity contribution in [3.8, 4) is 17.6 Å². The minimum absolute atomic E-state index is 0.239. The minimum atomic E-state index is -0.264. The summed E-state index contributed by atoms with van der Waals surface area (Å²) in [6.45, 7) is 5.34. The van der Waals surface area contributed by atoms with Crippen LogP contribution in [0.25, 0.3) is 0 Å². The first-order chi connectivity index (χ1) is 15.2. The predicted octanol–water partition coefficient (Wildman–Crippen LogP) is 1.79. The fourth-order valence-electron chi connectivity index (χ4n) is 2.96. The summed E-state index contributed by atoms with van der Waals surface area (Å²) < 4.78 is 21.8. The highest BCUT2D eigenvalue weighted by atomic mass is 16.6. The summed E-state index contributed by atoms with van der Waals surface area (Å²) in [7, 11) is 1.50. The van der Waals surface area contributed by atoms with E-state index in [9.17, 15) is 4.79 Å². The summed E-state index contributed by atoms with van der Waals surface area (Å²) >= 11 is 0. The third kappa shape index (κ3) is 6.30. The van der Waals surface area contributed by atoms with Gasteiger partial charge in [0.1, 0.15) is 13.2 Å². The number of nitrogens with zero attached hydrogens (tertiary/aromatic N) is 6. The van der Waals surface area contributed by atoms with Crippen molar-refractivity contribution in [2.24, 2.45) is 0 Å². The first-order valence-corrected chi connectivity index (χ1v) is 10.3. The van der Waals surface area contributed by atoms with Crippen LogP contribution in [0.1, 0.15) is 19.8 Å². The van der Waals surface area contributed by atoms with E-state index < -0.39 is 0 Å². The molecule has 0 atom stereocenters. The Morgan fingerprint density at radius 3 is 2.16 bits per heavy atom. The van der Waals surface area contributed by atoms with Gasteiger partial charge in [0.2, 0.25) is 0 Å². The molecular formula is C20H28N6O5. The van der Waals surface area contributed by atoms with Crippen molar-refractivity contribution in [1.82, 2.24) is 24.8 Å². The number of carbonyl (C=O) groups excluding carboxylic acids is 1. The molecule has 2 aromatic rings. The Balaban J connectivity index is 1.49. The summed E-state index contributed by atoms with van der Waals surface area (Å²) in [4.78, 5) is 32.7. The molecule has 0 N–H and O–H groups in total. The number of ether oxygens (including phenoxy) is 4. The maximum atomic E-state index is 12.1. The molecule has 11 nitrogen and oxygen atoms in total. The molecule has 3 rings (SSSR count). The third-order valence-electron chi connectivity index (χ3n) is 4.59. The number of anilines is 1. The van der Waals surface area contributed by atoms with Crippen LogP contribution in [-0.2, 0) is 4.74 Å². The maximum Gasteiger partial charge on any atom is 0.409 e. The molecule has 1 amide bonds. The molecule has 0 aromatic carbocycles. The van der Waals surface area contributed by atoms with Crippen LogP contribution in [0.2, 0.25) is 0 Å². The summed E-state index contributed by atoms with van der Waals surface area (Å²) in [5.74, 6) is 1.67. The quantitative estimate of drug-likeness (QED) is 0.515. The van der Waals surface area contributed by atoms with Crippen LogP contribution in [0.3, 0.4) is 0 Å². The van der Waals surface area contributed by atoms with Crippen LogP contribution in [0, 0.1) is 0 Å². The van der Waals surface area contributed by atoms with E-state index in [2.05, 4.69) is 26.9 Å². The van der Waals surface area contributed by atoms with E-state index in [0.29, 0.717) is 56.2 Å². The molecule has 168 valence electrons. The maximum absolute atomic E-state index is 12.1. The molecule has 3 heterocycles. The second-order valence-corrected chi connectivity index (χ2v) is 6.69. The molecule has 0 bridgehead atoms. The van der Waals surface area contributed by atoms with Crippen molar-refractivity contribution >= 4 is 11.9 Å². The van der Waals surface area contributed by atoms with Gasteiger partial charge in [-0.15, -0.1) is 0 Å². The lowest BCUT2D eigenvalue weighted by molar-refractivity contribution is 0.0988. The van der Waals surface area contributed by atoms with Crippen molar-refractivity contribution < 1.29 is 23.7 Å². The standard InChI is InChI=1S/C20H28N6O5/c1-3-4-13-31-20(27)26-11-9-25(10-12-26)16-17(22-6-5-21-16)29-14-15-30-19-18(28-2)23-7-8-24-19/h5-8H,3-4,9-15H2,1-2H3. The molecule has 1 aliphatic rings. The number of rotatable bonds is 10. The van der Waals surface area contributed by atoms with Gasteiger partial charge in [0.25, 0.3) is 17.6 Å². The normalized spacial score (nSPS) is 13.6. The second-order valence-electron chi connectivity index (χ2n) is 6.69. The van der Waals surface area contributed by atoms with E-state index in [-0.39, 0.29) is 19.3 Å². The van der Waals surface area contributed by atoms with E-state index >= 15 is 0 Å². The number of carbonyl (C=O) groups is 1. The highest BCUT2D eigenvalue weighted by Crippen LogP contribution is 2.24. The molecule has 0 radical (unpaired) electrons. The largest absolute Gasteiger partial charge is 0.477 e. The van der Waals surface area contributed by atoms with Gasteiger partial charge >= 0.3 is 6.09 Å². The second kappa shape index (κ2) is 11.7. The number of aromatic nitrogens is 4. The van der Waals surface area contributed by atoms with Gasteiger partial charge in [0, 0.05) is 51.0 Å². The molecule has 0 spiro atoms. The predicted molar refractivity (Wildman–Crippen MR) is 112 cm³/mol. The van der Waals surface area contributed by atoms with Crippen LogP contribution in [0.4, 0.5) is 10.6 Å². The number of amides is 1. The number of methoxy groups -OCH3 is 1. The van der Waals surface area contributed by atoms with E-state index in [0.717, 1.165) is 12.8 Å². The van der Waals surface area contributed by atoms with E-state index in [1.807, 2.05) is 4.90 Å². The third-order valence-corrected chi connectivity index (χ3v) is 4.59. The number of unbranched alkanes of at least 4 members (excludes halogenated alkanes) is 1. The molecule has 1 saturated heterocycles. The molecule has 0 aliphatic carbocycles. The van der Waals surface area contributed by atoms with Crippen molar-refractivity contribution in [2.45, 2.75) is 19.8 Å². The van der Waals surface area contributed by atoms with Gasteiger partial charge in [0.15, 0.2) is 5.82 Å². The van der Waals surface area contributed by atoms with Gasteiger partial charge < -0.3 is 28.7 Å². The summed E-state index contributed by atoms with van der Waals surface area (Å²) in [5, 5.41) is 0. The number of piperazine rings is 1. The lowest BCUT2D eigenvalue weighted by Crippen LogP contribution is -2.49. The fourth-order valence-corrected chi connectivity index (χ4v) is 2.96. The van der Waals surface area contributed by atoms with E-state index in [1.54, 1.807) is 17.3 Å². The molecule has 0 saturated carbocycles. The Morgan fingerprint density at radius 1 is 0.871 bits per heavy atom. The molecular weight excluding hydrogens is 404 g/mol. The summed E-state index contributed by atoms with van der Waals surface area (Å²) in [5.41, 5.74) is 0. The first kappa shape index (κ1) is 22.3. The Hall–Kier alpha value is -3.37. The topological polar surface area (TPSA) is 112 Å². The van der Waals surface area contributed by atoms with Gasteiger partial charge in [-0.1, -0.05) is 13.3 Å². The highest BCUT2D eigenvalue weighted by molar-refractivity contribution is 5.68. The van der Waals surface area contributed by atoms with Crippen molar-refractivity contribution in [1.29, 1.82) is 0 Å². The fraction of sp³-hybridized carbons (Fsp3) is 0.550. The van der Waals surface area contributed by atoms with Crippen molar-refractivity contribution in [2.75, 3.05) is 58.0 Å². The van der Waals surface area contributed by atoms with Gasteiger partial charge in [-0.2, -0.15) is 0 Å². The van der Waals surface area contributed by atoms with Crippen LogP contribution >= 0.6 is 0 Å². The van der Waals surface area contributed by atoms with E-state index in [4.69, 9.17) is 18.9 Å². The molecule has 11 heteroatoms. The smallest absolute Gasteiger partial charge is 0.409 e. The van der Waals surface area contributed by atoms with Crippen LogP contribution in [0.5, 0.6) is 17.6 Å². The zero-order valence-corrected chi connectivity index (χ0v) is 17.9. The molecule has 31 heavy (non-hydrogen) atoms. The van der Waals surface area contributed by atoms with Gasteiger partial charge in [0.05, 0.1) is 13.7 Å². The first-order valence-electron chi connectivity index (χ1n) is 10.3. The minimum Gasteiger partial charge on any atom is -0.477 e. The Labute approximate surface area is 181 Å². The average Bonchev–Trinajstić information content (AvgIpc) is 2.82. The van der Waals surface area contributed by atoms with Crippen LogP contribution in [-0.4, -0.2) is 84.0 Å².